The van der Waals surface area contributed by atoms with Crippen LogP contribution in [0, 0.1) is 5.82 Å². The van der Waals surface area contributed by atoms with E-state index >= 15 is 0 Å². The minimum Gasteiger partial charge on any atom is -0.310 e. The van der Waals surface area contributed by atoms with Gasteiger partial charge in [0.1, 0.15) is 5.82 Å². The Morgan fingerprint density at radius 2 is 2.00 bits per heavy atom. The lowest BCUT2D eigenvalue weighted by Crippen LogP contribution is -2.20. The summed E-state index contributed by atoms with van der Waals surface area (Å²) in [7, 11) is 0. The van der Waals surface area contributed by atoms with Crippen LogP contribution in [0.15, 0.2) is 48.8 Å². The molecule has 1 N–H and O–H groups in total. The highest BCUT2D eigenvalue weighted by molar-refractivity contribution is 5.15. The zero-order chi connectivity index (χ0) is 13.5. The second kappa shape index (κ2) is 7.00. The molecular formula is C16H19FN2. The third kappa shape index (κ3) is 4.45. The van der Waals surface area contributed by atoms with E-state index in [0.29, 0.717) is 0 Å². The van der Waals surface area contributed by atoms with Crippen molar-refractivity contribution < 1.29 is 4.39 Å². The molecule has 0 aliphatic rings. The number of rotatable bonds is 6. The molecule has 0 bridgehead atoms. The summed E-state index contributed by atoms with van der Waals surface area (Å²) in [4.78, 5) is 3.87. The first-order valence-electron chi connectivity index (χ1n) is 6.63. The predicted octanol–water partition coefficient (Wildman–Crippen LogP) is 3.50. The van der Waals surface area contributed by atoms with Gasteiger partial charge in [0.15, 0.2) is 0 Å². The van der Waals surface area contributed by atoms with Crippen LogP contribution in [-0.4, -0.2) is 11.5 Å². The van der Waals surface area contributed by atoms with Crippen LogP contribution in [0.2, 0.25) is 0 Å². The van der Waals surface area contributed by atoms with Crippen molar-refractivity contribution in [1.29, 1.82) is 0 Å². The van der Waals surface area contributed by atoms with Gasteiger partial charge in [0, 0.05) is 12.2 Å². The van der Waals surface area contributed by atoms with Crippen molar-refractivity contribution in [2.75, 3.05) is 6.54 Å². The molecule has 100 valence electrons. The summed E-state index contributed by atoms with van der Waals surface area (Å²) < 4.78 is 13.0. The molecule has 0 spiro atoms. The van der Waals surface area contributed by atoms with Crippen molar-refractivity contribution in [2.24, 2.45) is 0 Å². The lowest BCUT2D eigenvalue weighted by atomic mass is 10.1. The van der Waals surface area contributed by atoms with Crippen molar-refractivity contribution >= 4 is 0 Å². The first kappa shape index (κ1) is 13.7. The molecule has 1 unspecified atom stereocenters. The van der Waals surface area contributed by atoms with Gasteiger partial charge in [-0.25, -0.2) is 4.39 Å². The standard InChI is InChI=1S/C16H19FN2/c1-13(15-10-16(17)12-18-11-15)19-9-5-8-14-6-3-2-4-7-14/h2-4,6-7,10-13,19H,5,8-9H2,1H3. The first-order valence-corrected chi connectivity index (χ1v) is 6.63. The van der Waals surface area contributed by atoms with Crippen LogP contribution in [0.1, 0.15) is 30.5 Å². The fraction of sp³-hybridized carbons (Fsp3) is 0.312. The van der Waals surface area contributed by atoms with Gasteiger partial charge < -0.3 is 5.32 Å². The Labute approximate surface area is 113 Å². The Balaban J connectivity index is 1.74. The van der Waals surface area contributed by atoms with Crippen molar-refractivity contribution in [1.82, 2.24) is 10.3 Å². The summed E-state index contributed by atoms with van der Waals surface area (Å²) in [5, 5.41) is 3.39. The molecule has 0 fully saturated rings. The van der Waals surface area contributed by atoms with Gasteiger partial charge in [-0.1, -0.05) is 30.3 Å². The average molecular weight is 258 g/mol. The molecule has 0 saturated heterocycles. The minimum atomic E-state index is -0.282. The SMILES string of the molecule is CC(NCCCc1ccccc1)c1cncc(F)c1. The zero-order valence-corrected chi connectivity index (χ0v) is 11.1. The molecule has 0 radical (unpaired) electrons. The Bertz CT molecular complexity index is 499. The molecule has 1 heterocycles. The van der Waals surface area contributed by atoms with E-state index in [1.807, 2.05) is 13.0 Å². The van der Waals surface area contributed by atoms with Crippen molar-refractivity contribution in [2.45, 2.75) is 25.8 Å². The second-order valence-corrected chi connectivity index (χ2v) is 4.70. The first-order chi connectivity index (χ1) is 9.25. The highest BCUT2D eigenvalue weighted by atomic mass is 19.1. The molecule has 3 heteroatoms. The van der Waals surface area contributed by atoms with Crippen LogP contribution in [0.5, 0.6) is 0 Å². The minimum absolute atomic E-state index is 0.124. The van der Waals surface area contributed by atoms with Crippen molar-refractivity contribution in [3.63, 3.8) is 0 Å². The third-order valence-corrected chi connectivity index (χ3v) is 3.16. The van der Waals surface area contributed by atoms with E-state index in [9.17, 15) is 4.39 Å². The normalized spacial score (nSPS) is 12.3. The lowest BCUT2D eigenvalue weighted by Gasteiger charge is -2.13. The van der Waals surface area contributed by atoms with E-state index < -0.39 is 0 Å². The highest BCUT2D eigenvalue weighted by Gasteiger charge is 2.05. The average Bonchev–Trinajstić information content (AvgIpc) is 2.44. The van der Waals surface area contributed by atoms with Gasteiger partial charge in [0.05, 0.1) is 6.20 Å². The number of pyridine rings is 1. The molecule has 0 amide bonds. The molecule has 0 aliphatic carbocycles. The largest absolute Gasteiger partial charge is 0.310 e. The number of benzene rings is 1. The van der Waals surface area contributed by atoms with E-state index in [1.165, 1.54) is 17.8 Å². The third-order valence-electron chi connectivity index (χ3n) is 3.16. The maximum Gasteiger partial charge on any atom is 0.141 e. The summed E-state index contributed by atoms with van der Waals surface area (Å²) in [6.45, 7) is 2.94. The molecule has 0 saturated carbocycles. The van der Waals surface area contributed by atoms with Gasteiger partial charge in [-0.05, 0) is 43.5 Å². The highest BCUT2D eigenvalue weighted by Crippen LogP contribution is 2.12. The Morgan fingerprint density at radius 1 is 1.21 bits per heavy atom. The molecule has 1 aromatic carbocycles. The summed E-state index contributed by atoms with van der Waals surface area (Å²) >= 11 is 0. The summed E-state index contributed by atoms with van der Waals surface area (Å²) in [5.74, 6) is -0.282. The fourth-order valence-corrected chi connectivity index (χ4v) is 2.04. The van der Waals surface area contributed by atoms with Crippen molar-refractivity contribution in [3.05, 3.63) is 65.7 Å². The topological polar surface area (TPSA) is 24.9 Å². The van der Waals surface area contributed by atoms with Crippen LogP contribution < -0.4 is 5.32 Å². The Hall–Kier alpha value is -1.74. The smallest absolute Gasteiger partial charge is 0.141 e. The van der Waals surface area contributed by atoms with Crippen LogP contribution in [0.3, 0.4) is 0 Å². The van der Waals surface area contributed by atoms with E-state index in [-0.39, 0.29) is 11.9 Å². The molecule has 0 aliphatic heterocycles. The summed E-state index contributed by atoms with van der Waals surface area (Å²) in [5.41, 5.74) is 2.24. The van der Waals surface area contributed by atoms with Gasteiger partial charge in [0.2, 0.25) is 0 Å². The van der Waals surface area contributed by atoms with E-state index in [1.54, 1.807) is 6.20 Å². The number of aryl methyl sites for hydroxylation is 1. The second-order valence-electron chi connectivity index (χ2n) is 4.70. The van der Waals surface area contributed by atoms with Gasteiger partial charge >= 0.3 is 0 Å². The quantitative estimate of drug-likeness (QED) is 0.802. The number of aromatic nitrogens is 1. The Morgan fingerprint density at radius 3 is 2.74 bits per heavy atom. The molecular weight excluding hydrogens is 239 g/mol. The van der Waals surface area contributed by atoms with Gasteiger partial charge in [0.25, 0.3) is 0 Å². The molecule has 19 heavy (non-hydrogen) atoms. The van der Waals surface area contributed by atoms with Gasteiger partial charge in [-0.15, -0.1) is 0 Å². The van der Waals surface area contributed by atoms with Crippen LogP contribution in [-0.2, 0) is 6.42 Å². The maximum absolute atomic E-state index is 13.0. The van der Waals surface area contributed by atoms with Crippen LogP contribution in [0.25, 0.3) is 0 Å². The van der Waals surface area contributed by atoms with Gasteiger partial charge in [-0.3, -0.25) is 4.98 Å². The van der Waals surface area contributed by atoms with Crippen LogP contribution in [0.4, 0.5) is 4.39 Å². The molecule has 2 nitrogen and oxygen atoms in total. The maximum atomic E-state index is 13.0. The number of hydrogen-bond acceptors (Lipinski definition) is 2. The number of nitrogens with zero attached hydrogens (tertiary/aromatic N) is 1. The van der Waals surface area contributed by atoms with Crippen LogP contribution >= 0.6 is 0 Å². The monoisotopic (exact) mass is 258 g/mol. The molecule has 1 aromatic heterocycles. The number of hydrogen-bond donors (Lipinski definition) is 1. The molecule has 1 atom stereocenters. The fourth-order valence-electron chi connectivity index (χ4n) is 2.04. The predicted molar refractivity (Wildman–Crippen MR) is 75.4 cm³/mol. The van der Waals surface area contributed by atoms with E-state index in [4.69, 9.17) is 0 Å². The summed E-state index contributed by atoms with van der Waals surface area (Å²) in [6.07, 6.45) is 5.06. The molecule has 2 rings (SSSR count). The van der Waals surface area contributed by atoms with E-state index in [0.717, 1.165) is 24.9 Å². The van der Waals surface area contributed by atoms with E-state index in [2.05, 4.69) is 34.6 Å². The van der Waals surface area contributed by atoms with Gasteiger partial charge in [-0.2, -0.15) is 0 Å². The number of nitrogens with one attached hydrogen (secondary N) is 1. The summed E-state index contributed by atoms with van der Waals surface area (Å²) in [6, 6.07) is 12.1. The van der Waals surface area contributed by atoms with Crippen molar-refractivity contribution in [3.8, 4) is 0 Å². The molecule has 2 aromatic rings. The number of halogens is 1. The zero-order valence-electron chi connectivity index (χ0n) is 11.1. The lowest BCUT2D eigenvalue weighted by molar-refractivity contribution is 0.548. The Kier molecular flexibility index (Phi) is 5.04.